The van der Waals surface area contributed by atoms with Crippen molar-refractivity contribution in [3.8, 4) is 0 Å². The number of alkyl halides is 3. The molecule has 0 radical (unpaired) electrons. The zero-order valence-electron chi connectivity index (χ0n) is 12.1. The Bertz CT molecular complexity index is 939. The summed E-state index contributed by atoms with van der Waals surface area (Å²) in [6, 6.07) is 5.34. The Kier molecular flexibility index (Phi) is 3.80. The van der Waals surface area contributed by atoms with Crippen molar-refractivity contribution in [2.24, 2.45) is 0 Å². The zero-order chi connectivity index (χ0) is 18.5. The number of anilines is 1. The first kappa shape index (κ1) is 17.0. The van der Waals surface area contributed by atoms with Crippen molar-refractivity contribution >= 4 is 35.1 Å². The minimum absolute atomic E-state index is 0.136. The van der Waals surface area contributed by atoms with E-state index in [1.54, 1.807) is 0 Å². The Morgan fingerprint density at radius 1 is 1.00 bits per heavy atom. The largest absolute Gasteiger partial charge is 0.545 e. The Morgan fingerprint density at radius 3 is 2.24 bits per heavy atom. The zero-order valence-corrected chi connectivity index (χ0v) is 12.8. The van der Waals surface area contributed by atoms with E-state index in [9.17, 15) is 32.7 Å². The summed E-state index contributed by atoms with van der Waals surface area (Å²) in [6.07, 6.45) is -4.69. The van der Waals surface area contributed by atoms with E-state index in [0.29, 0.717) is 11.0 Å². The lowest BCUT2D eigenvalue weighted by Crippen LogP contribution is -2.30. The van der Waals surface area contributed by atoms with Gasteiger partial charge in [-0.05, 0) is 35.9 Å². The first-order valence-corrected chi connectivity index (χ1v) is 7.10. The number of hydrogen-bond donors (Lipinski definition) is 0. The lowest BCUT2D eigenvalue weighted by molar-refractivity contribution is -0.255. The Labute approximate surface area is 143 Å². The van der Waals surface area contributed by atoms with Gasteiger partial charge in [-0.25, -0.2) is 4.90 Å². The number of hydrogen-bond acceptors (Lipinski definition) is 4. The molecule has 1 aliphatic heterocycles. The maximum atomic E-state index is 12.9. The molecule has 5 nitrogen and oxygen atoms in total. The van der Waals surface area contributed by atoms with Gasteiger partial charge in [0, 0.05) is 0 Å². The number of carbonyl (C=O) groups is 3. The minimum Gasteiger partial charge on any atom is -0.545 e. The molecule has 0 bridgehead atoms. The molecular weight excluding hydrogens is 363 g/mol. The van der Waals surface area contributed by atoms with Crippen molar-refractivity contribution in [1.82, 2.24) is 0 Å². The number of halogens is 4. The normalized spacial score (nSPS) is 14.0. The predicted octanol–water partition coefficient (Wildman–Crippen LogP) is 2.52. The second-order valence-electron chi connectivity index (χ2n) is 5.16. The number of carboxylic acids is 1. The number of carbonyl (C=O) groups excluding carboxylic acids is 3. The number of carboxylic acid groups (broad SMARTS) is 1. The van der Waals surface area contributed by atoms with E-state index in [0.717, 1.165) is 30.3 Å². The van der Waals surface area contributed by atoms with Crippen LogP contribution in [0.5, 0.6) is 0 Å². The van der Waals surface area contributed by atoms with E-state index in [1.807, 2.05) is 0 Å². The lowest BCUT2D eigenvalue weighted by atomic mass is 10.1. The second kappa shape index (κ2) is 5.59. The molecule has 1 aliphatic rings. The fourth-order valence-corrected chi connectivity index (χ4v) is 2.65. The van der Waals surface area contributed by atoms with Crippen molar-refractivity contribution in [3.63, 3.8) is 0 Å². The fraction of sp³-hybridized carbons (Fsp3) is 0.0625. The summed E-state index contributed by atoms with van der Waals surface area (Å²) in [5, 5.41) is 10.6. The molecule has 1 heterocycles. The maximum Gasteiger partial charge on any atom is 0.416 e. The topological polar surface area (TPSA) is 77.5 Å². The summed E-state index contributed by atoms with van der Waals surface area (Å²) in [5.41, 5.74) is -2.24. The molecule has 128 valence electrons. The number of aromatic carboxylic acids is 1. The summed E-state index contributed by atoms with van der Waals surface area (Å²) >= 11 is 5.86. The van der Waals surface area contributed by atoms with Crippen molar-refractivity contribution < 1.29 is 32.7 Å². The van der Waals surface area contributed by atoms with Gasteiger partial charge in [-0.3, -0.25) is 9.59 Å². The molecule has 0 fully saturated rings. The highest BCUT2D eigenvalue weighted by Crippen LogP contribution is 2.38. The van der Waals surface area contributed by atoms with Crippen LogP contribution in [0.4, 0.5) is 18.9 Å². The summed E-state index contributed by atoms with van der Waals surface area (Å²) in [7, 11) is 0. The molecule has 0 spiro atoms. The van der Waals surface area contributed by atoms with E-state index in [-0.39, 0.29) is 21.7 Å². The summed E-state index contributed by atoms with van der Waals surface area (Å²) in [5.74, 6) is -3.42. The van der Waals surface area contributed by atoms with Crippen LogP contribution in [0.15, 0.2) is 36.4 Å². The SMILES string of the molecule is O=C([O-])c1ccc2c(c1)C(=O)N(c1cc(C(F)(F)F)ccc1Cl)C2=O. The smallest absolute Gasteiger partial charge is 0.416 e. The van der Waals surface area contributed by atoms with Crippen LogP contribution in [0.2, 0.25) is 5.02 Å². The van der Waals surface area contributed by atoms with Crippen LogP contribution in [-0.4, -0.2) is 17.8 Å². The number of benzene rings is 2. The highest BCUT2D eigenvalue weighted by Gasteiger charge is 2.39. The molecule has 2 aromatic rings. The van der Waals surface area contributed by atoms with Crippen molar-refractivity contribution in [1.29, 1.82) is 0 Å². The molecule has 2 aromatic carbocycles. The Hall–Kier alpha value is -2.87. The Balaban J connectivity index is 2.13. The van der Waals surface area contributed by atoms with E-state index < -0.39 is 35.2 Å². The molecule has 2 amide bonds. The van der Waals surface area contributed by atoms with Crippen LogP contribution < -0.4 is 10.0 Å². The molecule has 9 heteroatoms. The van der Waals surface area contributed by atoms with Crippen LogP contribution >= 0.6 is 11.6 Å². The molecule has 0 unspecified atom stereocenters. The molecule has 0 saturated heterocycles. The number of rotatable bonds is 2. The van der Waals surface area contributed by atoms with Crippen LogP contribution in [0.3, 0.4) is 0 Å². The maximum absolute atomic E-state index is 12.9. The third-order valence-electron chi connectivity index (χ3n) is 3.64. The molecule has 0 N–H and O–H groups in total. The number of nitrogens with zero attached hydrogens (tertiary/aromatic N) is 1. The summed E-state index contributed by atoms with van der Waals surface area (Å²) in [6.45, 7) is 0. The second-order valence-corrected chi connectivity index (χ2v) is 5.56. The van der Waals surface area contributed by atoms with E-state index in [2.05, 4.69) is 0 Å². The summed E-state index contributed by atoms with van der Waals surface area (Å²) < 4.78 is 38.6. The van der Waals surface area contributed by atoms with Gasteiger partial charge in [0.05, 0.1) is 33.4 Å². The van der Waals surface area contributed by atoms with Gasteiger partial charge in [0.2, 0.25) is 0 Å². The average Bonchev–Trinajstić information content (AvgIpc) is 2.78. The lowest BCUT2D eigenvalue weighted by Gasteiger charge is -2.17. The van der Waals surface area contributed by atoms with Gasteiger partial charge in [0.15, 0.2) is 0 Å². The quantitative estimate of drug-likeness (QED) is 0.763. The van der Waals surface area contributed by atoms with Gasteiger partial charge in [0.1, 0.15) is 0 Å². The van der Waals surface area contributed by atoms with E-state index in [1.165, 1.54) is 0 Å². The monoisotopic (exact) mass is 368 g/mol. The molecule has 0 saturated carbocycles. The first-order valence-electron chi connectivity index (χ1n) is 6.72. The van der Waals surface area contributed by atoms with Gasteiger partial charge in [-0.1, -0.05) is 17.7 Å². The third kappa shape index (κ3) is 2.74. The predicted molar refractivity (Wildman–Crippen MR) is 78.4 cm³/mol. The van der Waals surface area contributed by atoms with Gasteiger partial charge >= 0.3 is 6.18 Å². The van der Waals surface area contributed by atoms with Crippen LogP contribution in [0, 0.1) is 0 Å². The van der Waals surface area contributed by atoms with E-state index in [4.69, 9.17) is 11.6 Å². The van der Waals surface area contributed by atoms with Gasteiger partial charge in [-0.15, -0.1) is 0 Å². The minimum atomic E-state index is -4.69. The van der Waals surface area contributed by atoms with Crippen molar-refractivity contribution in [2.45, 2.75) is 6.18 Å². The molecular formula is C16H6ClF3NO4-. The molecule has 0 atom stereocenters. The highest BCUT2D eigenvalue weighted by atomic mass is 35.5. The molecule has 0 aliphatic carbocycles. The molecule has 25 heavy (non-hydrogen) atoms. The highest BCUT2D eigenvalue weighted by molar-refractivity contribution is 6.40. The summed E-state index contributed by atoms with van der Waals surface area (Å²) in [4.78, 5) is 36.2. The Morgan fingerprint density at radius 2 is 1.64 bits per heavy atom. The van der Waals surface area contributed by atoms with Gasteiger partial charge in [0.25, 0.3) is 11.8 Å². The fourth-order valence-electron chi connectivity index (χ4n) is 2.45. The third-order valence-corrected chi connectivity index (χ3v) is 3.96. The number of imide groups is 1. The van der Waals surface area contributed by atoms with Gasteiger partial charge < -0.3 is 9.90 Å². The standard InChI is InChI=1S/C16H7ClF3NO4/c17-11-4-2-8(16(18,19)20)6-12(11)21-13(22)9-3-1-7(15(24)25)5-10(9)14(21)23/h1-6H,(H,24,25)/p-1. The first-order chi connectivity index (χ1) is 11.6. The van der Waals surface area contributed by atoms with Crippen LogP contribution in [0.1, 0.15) is 36.6 Å². The van der Waals surface area contributed by atoms with Crippen LogP contribution in [0.25, 0.3) is 0 Å². The number of amides is 2. The van der Waals surface area contributed by atoms with Gasteiger partial charge in [-0.2, -0.15) is 13.2 Å². The van der Waals surface area contributed by atoms with Crippen LogP contribution in [-0.2, 0) is 6.18 Å². The molecule has 0 aromatic heterocycles. The van der Waals surface area contributed by atoms with E-state index >= 15 is 0 Å². The van der Waals surface area contributed by atoms with Crippen molar-refractivity contribution in [2.75, 3.05) is 4.90 Å². The molecule has 3 rings (SSSR count). The number of fused-ring (bicyclic) bond motifs is 1. The van der Waals surface area contributed by atoms with Crippen molar-refractivity contribution in [3.05, 3.63) is 63.7 Å². The average molecular weight is 369 g/mol.